The largest absolute Gasteiger partial charge is 0.378 e. The molecule has 1 saturated heterocycles. The third-order valence-corrected chi connectivity index (χ3v) is 4.44. The van der Waals surface area contributed by atoms with Gasteiger partial charge in [-0.05, 0) is 37.3 Å². The summed E-state index contributed by atoms with van der Waals surface area (Å²) in [6, 6.07) is 11.2. The molecule has 2 aromatic heterocycles. The Bertz CT molecular complexity index is 951. The zero-order chi connectivity index (χ0) is 20.1. The van der Waals surface area contributed by atoms with Crippen molar-refractivity contribution >= 4 is 29.0 Å². The molecule has 1 amide bonds. The Labute approximate surface area is 168 Å². The Morgan fingerprint density at radius 2 is 1.90 bits per heavy atom. The van der Waals surface area contributed by atoms with Gasteiger partial charge in [-0.2, -0.15) is 10.1 Å². The number of ether oxygens (including phenoxy) is 1. The fourth-order valence-electron chi connectivity index (χ4n) is 3.05. The number of rotatable bonds is 6. The summed E-state index contributed by atoms with van der Waals surface area (Å²) in [4.78, 5) is 23.4. The number of morpholine rings is 1. The summed E-state index contributed by atoms with van der Waals surface area (Å²) in [7, 11) is 0. The standard InChI is InChI=1S/C20H23N7O2/c1-15-13-18(25-20(22-15)26-9-11-29-12-10-26)23-16-3-5-17(6-4-16)24-19(28)14-27-8-2-7-21-27/h2-8,13H,9-12,14H2,1H3,(H,24,28)(H,22,23,25). The molecule has 1 aromatic carbocycles. The van der Waals surface area contributed by atoms with Crippen LogP contribution in [0.3, 0.4) is 0 Å². The lowest BCUT2D eigenvalue weighted by Gasteiger charge is -2.27. The van der Waals surface area contributed by atoms with Crippen LogP contribution in [0.1, 0.15) is 5.69 Å². The number of nitrogens with one attached hydrogen (secondary N) is 2. The maximum Gasteiger partial charge on any atom is 0.246 e. The number of nitrogens with zero attached hydrogens (tertiary/aromatic N) is 5. The van der Waals surface area contributed by atoms with Gasteiger partial charge in [0.15, 0.2) is 0 Å². The minimum atomic E-state index is -0.129. The monoisotopic (exact) mass is 393 g/mol. The van der Waals surface area contributed by atoms with Crippen molar-refractivity contribution < 1.29 is 9.53 Å². The maximum atomic E-state index is 12.1. The number of aromatic nitrogens is 4. The van der Waals surface area contributed by atoms with E-state index < -0.39 is 0 Å². The fraction of sp³-hybridized carbons (Fsp3) is 0.300. The smallest absolute Gasteiger partial charge is 0.246 e. The van der Waals surface area contributed by atoms with Gasteiger partial charge in [0, 0.05) is 48.6 Å². The molecular weight excluding hydrogens is 370 g/mol. The number of amides is 1. The van der Waals surface area contributed by atoms with Crippen LogP contribution in [0, 0.1) is 6.92 Å². The van der Waals surface area contributed by atoms with Crippen molar-refractivity contribution in [2.75, 3.05) is 41.8 Å². The first-order chi connectivity index (χ1) is 14.2. The molecule has 1 aliphatic rings. The Morgan fingerprint density at radius 1 is 1.14 bits per heavy atom. The summed E-state index contributed by atoms with van der Waals surface area (Å²) >= 11 is 0. The molecule has 0 atom stereocenters. The molecule has 29 heavy (non-hydrogen) atoms. The quantitative estimate of drug-likeness (QED) is 0.663. The van der Waals surface area contributed by atoms with Gasteiger partial charge in [0.1, 0.15) is 12.4 Å². The molecule has 3 aromatic rings. The number of carbonyl (C=O) groups excluding carboxylic acids is 1. The van der Waals surface area contributed by atoms with E-state index in [9.17, 15) is 4.79 Å². The van der Waals surface area contributed by atoms with Crippen molar-refractivity contribution in [3.8, 4) is 0 Å². The van der Waals surface area contributed by atoms with Crippen molar-refractivity contribution in [1.29, 1.82) is 0 Å². The minimum absolute atomic E-state index is 0.129. The fourth-order valence-corrected chi connectivity index (χ4v) is 3.05. The zero-order valence-corrected chi connectivity index (χ0v) is 16.2. The van der Waals surface area contributed by atoms with Crippen LogP contribution in [0.4, 0.5) is 23.1 Å². The van der Waals surface area contributed by atoms with Crippen molar-refractivity contribution in [3.63, 3.8) is 0 Å². The molecule has 2 N–H and O–H groups in total. The normalized spacial score (nSPS) is 13.9. The molecule has 0 unspecified atom stereocenters. The summed E-state index contributed by atoms with van der Waals surface area (Å²) in [5, 5.41) is 10.2. The van der Waals surface area contributed by atoms with E-state index in [-0.39, 0.29) is 12.5 Å². The molecule has 0 radical (unpaired) electrons. The predicted molar refractivity (Wildman–Crippen MR) is 110 cm³/mol. The topological polar surface area (TPSA) is 97.2 Å². The zero-order valence-electron chi connectivity index (χ0n) is 16.2. The first kappa shape index (κ1) is 18.9. The highest BCUT2D eigenvalue weighted by molar-refractivity contribution is 5.90. The van der Waals surface area contributed by atoms with Gasteiger partial charge in [-0.1, -0.05) is 0 Å². The van der Waals surface area contributed by atoms with Crippen LogP contribution in [0.2, 0.25) is 0 Å². The van der Waals surface area contributed by atoms with Gasteiger partial charge >= 0.3 is 0 Å². The number of carbonyl (C=O) groups is 1. The van der Waals surface area contributed by atoms with E-state index in [0.717, 1.165) is 36.0 Å². The molecule has 3 heterocycles. The lowest BCUT2D eigenvalue weighted by atomic mass is 10.2. The third-order valence-electron chi connectivity index (χ3n) is 4.44. The first-order valence-electron chi connectivity index (χ1n) is 9.48. The van der Waals surface area contributed by atoms with Gasteiger partial charge < -0.3 is 20.3 Å². The van der Waals surface area contributed by atoms with Crippen molar-refractivity contribution in [2.45, 2.75) is 13.5 Å². The summed E-state index contributed by atoms with van der Waals surface area (Å²) < 4.78 is 6.98. The highest BCUT2D eigenvalue weighted by Crippen LogP contribution is 2.21. The molecule has 1 aliphatic heterocycles. The van der Waals surface area contributed by atoms with Crippen LogP contribution in [0.15, 0.2) is 48.8 Å². The van der Waals surface area contributed by atoms with Crippen LogP contribution in [0.5, 0.6) is 0 Å². The van der Waals surface area contributed by atoms with Gasteiger partial charge in [-0.3, -0.25) is 9.48 Å². The molecule has 0 saturated carbocycles. The molecule has 1 fully saturated rings. The van der Waals surface area contributed by atoms with Gasteiger partial charge in [0.2, 0.25) is 11.9 Å². The highest BCUT2D eigenvalue weighted by Gasteiger charge is 2.15. The van der Waals surface area contributed by atoms with Crippen LogP contribution in [-0.4, -0.2) is 52.0 Å². The number of anilines is 4. The van der Waals surface area contributed by atoms with Crippen molar-refractivity contribution in [1.82, 2.24) is 19.7 Å². The SMILES string of the molecule is Cc1cc(Nc2ccc(NC(=O)Cn3cccn3)cc2)nc(N2CCOCC2)n1. The lowest BCUT2D eigenvalue weighted by Crippen LogP contribution is -2.37. The van der Waals surface area contributed by atoms with E-state index in [0.29, 0.717) is 19.2 Å². The lowest BCUT2D eigenvalue weighted by molar-refractivity contribution is -0.116. The number of hydrogen-bond acceptors (Lipinski definition) is 7. The van der Waals surface area contributed by atoms with E-state index in [1.807, 2.05) is 37.3 Å². The van der Waals surface area contributed by atoms with Gasteiger partial charge in [-0.25, -0.2) is 4.98 Å². The first-order valence-corrected chi connectivity index (χ1v) is 9.48. The predicted octanol–water partition coefficient (Wildman–Crippen LogP) is 2.20. The molecular formula is C20H23N7O2. The Hall–Kier alpha value is -3.46. The summed E-state index contributed by atoms with van der Waals surface area (Å²) in [5.41, 5.74) is 2.49. The van der Waals surface area contributed by atoms with E-state index in [1.54, 1.807) is 23.1 Å². The number of benzene rings is 1. The summed E-state index contributed by atoms with van der Waals surface area (Å²) in [6.07, 6.45) is 3.40. The number of aryl methyl sites for hydroxylation is 1. The Kier molecular flexibility index (Phi) is 5.66. The van der Waals surface area contributed by atoms with Crippen LogP contribution in [0.25, 0.3) is 0 Å². The maximum absolute atomic E-state index is 12.1. The van der Waals surface area contributed by atoms with E-state index in [1.165, 1.54) is 0 Å². The van der Waals surface area contributed by atoms with Crippen LogP contribution in [-0.2, 0) is 16.1 Å². The van der Waals surface area contributed by atoms with Crippen LogP contribution < -0.4 is 15.5 Å². The highest BCUT2D eigenvalue weighted by atomic mass is 16.5. The van der Waals surface area contributed by atoms with E-state index in [2.05, 4.69) is 30.6 Å². The summed E-state index contributed by atoms with van der Waals surface area (Å²) in [6.45, 7) is 5.08. The van der Waals surface area contributed by atoms with Crippen molar-refractivity contribution in [2.24, 2.45) is 0 Å². The molecule has 9 heteroatoms. The molecule has 0 bridgehead atoms. The van der Waals surface area contributed by atoms with Gasteiger partial charge in [0.05, 0.1) is 13.2 Å². The second kappa shape index (κ2) is 8.70. The number of hydrogen-bond donors (Lipinski definition) is 2. The Balaban J connectivity index is 1.39. The molecule has 0 aliphatic carbocycles. The van der Waals surface area contributed by atoms with Crippen molar-refractivity contribution in [3.05, 3.63) is 54.5 Å². The Morgan fingerprint density at radius 3 is 2.62 bits per heavy atom. The van der Waals surface area contributed by atoms with E-state index >= 15 is 0 Å². The molecule has 4 rings (SSSR count). The molecule has 0 spiro atoms. The molecule has 9 nitrogen and oxygen atoms in total. The third kappa shape index (κ3) is 5.08. The second-order valence-corrected chi connectivity index (χ2v) is 6.75. The second-order valence-electron chi connectivity index (χ2n) is 6.75. The minimum Gasteiger partial charge on any atom is -0.378 e. The average Bonchev–Trinajstić information content (AvgIpc) is 3.22. The summed E-state index contributed by atoms with van der Waals surface area (Å²) in [5.74, 6) is 1.31. The molecule has 150 valence electrons. The van der Waals surface area contributed by atoms with Gasteiger partial charge in [-0.15, -0.1) is 0 Å². The van der Waals surface area contributed by atoms with E-state index in [4.69, 9.17) is 4.74 Å². The van der Waals surface area contributed by atoms with Crippen LogP contribution >= 0.6 is 0 Å². The average molecular weight is 393 g/mol. The van der Waals surface area contributed by atoms with Gasteiger partial charge in [0.25, 0.3) is 0 Å².